The van der Waals surface area contributed by atoms with Crippen LogP contribution >= 0.6 is 0 Å². The number of para-hydroxylation sites is 1. The Morgan fingerprint density at radius 2 is 1.85 bits per heavy atom. The van der Waals surface area contributed by atoms with Gasteiger partial charge in [-0.25, -0.2) is 0 Å². The Balaban J connectivity index is 1.69. The van der Waals surface area contributed by atoms with E-state index >= 15 is 0 Å². The Labute approximate surface area is 122 Å². The standard InChI is InChI=1S/C17H27N3/c1-2-20(16-8-9-16)17(14-18)10-12-19(13-11-17)15-6-4-3-5-7-15/h3-7,16H,2,8-14,18H2,1H3. The fourth-order valence-electron chi connectivity index (χ4n) is 3.80. The summed E-state index contributed by atoms with van der Waals surface area (Å²) in [6.07, 6.45) is 5.14. The van der Waals surface area contributed by atoms with Gasteiger partial charge in [0.05, 0.1) is 0 Å². The summed E-state index contributed by atoms with van der Waals surface area (Å²) in [7, 11) is 0. The molecule has 1 heterocycles. The number of piperidine rings is 1. The molecule has 2 fully saturated rings. The van der Waals surface area contributed by atoms with Crippen LogP contribution in [-0.4, -0.2) is 42.7 Å². The topological polar surface area (TPSA) is 32.5 Å². The molecule has 0 atom stereocenters. The van der Waals surface area contributed by atoms with E-state index in [-0.39, 0.29) is 5.54 Å². The summed E-state index contributed by atoms with van der Waals surface area (Å²) in [4.78, 5) is 5.21. The Morgan fingerprint density at radius 3 is 2.35 bits per heavy atom. The zero-order valence-electron chi connectivity index (χ0n) is 12.6. The minimum absolute atomic E-state index is 0.251. The van der Waals surface area contributed by atoms with E-state index in [1.54, 1.807) is 0 Å². The first kappa shape index (κ1) is 13.9. The van der Waals surface area contributed by atoms with E-state index in [1.165, 1.54) is 31.4 Å². The molecule has 110 valence electrons. The molecule has 20 heavy (non-hydrogen) atoms. The summed E-state index contributed by atoms with van der Waals surface area (Å²) in [5.74, 6) is 0. The van der Waals surface area contributed by atoms with Gasteiger partial charge < -0.3 is 10.6 Å². The van der Waals surface area contributed by atoms with Crippen molar-refractivity contribution in [3.63, 3.8) is 0 Å². The molecule has 0 unspecified atom stereocenters. The summed E-state index contributed by atoms with van der Waals surface area (Å²) in [5, 5.41) is 0. The monoisotopic (exact) mass is 273 g/mol. The van der Waals surface area contributed by atoms with E-state index in [0.717, 1.165) is 32.2 Å². The molecule has 3 rings (SSSR count). The van der Waals surface area contributed by atoms with Crippen LogP contribution < -0.4 is 10.6 Å². The lowest BCUT2D eigenvalue weighted by atomic mass is 9.85. The average Bonchev–Trinajstić information content (AvgIpc) is 3.34. The first-order valence-corrected chi connectivity index (χ1v) is 8.06. The van der Waals surface area contributed by atoms with Gasteiger partial charge >= 0.3 is 0 Å². The molecule has 3 nitrogen and oxygen atoms in total. The summed E-state index contributed by atoms with van der Waals surface area (Å²) in [6, 6.07) is 11.6. The van der Waals surface area contributed by atoms with E-state index in [4.69, 9.17) is 5.73 Å². The lowest BCUT2D eigenvalue weighted by Crippen LogP contribution is -2.60. The third-order valence-electron chi connectivity index (χ3n) is 5.13. The van der Waals surface area contributed by atoms with Crippen molar-refractivity contribution in [3.05, 3.63) is 30.3 Å². The van der Waals surface area contributed by atoms with Gasteiger partial charge in [0.2, 0.25) is 0 Å². The molecule has 2 N–H and O–H groups in total. The molecule has 0 amide bonds. The Hall–Kier alpha value is -1.06. The predicted molar refractivity (Wildman–Crippen MR) is 85.1 cm³/mol. The maximum absolute atomic E-state index is 6.20. The lowest BCUT2D eigenvalue weighted by molar-refractivity contribution is 0.0663. The fourth-order valence-corrected chi connectivity index (χ4v) is 3.80. The van der Waals surface area contributed by atoms with Gasteiger partial charge in [-0.3, -0.25) is 4.90 Å². The third-order valence-corrected chi connectivity index (χ3v) is 5.13. The molecular formula is C17H27N3. The molecule has 1 aromatic rings. The molecule has 0 radical (unpaired) electrons. The van der Waals surface area contributed by atoms with Crippen LogP contribution in [0, 0.1) is 0 Å². The van der Waals surface area contributed by atoms with Crippen LogP contribution in [0.5, 0.6) is 0 Å². The summed E-state index contributed by atoms with van der Waals surface area (Å²) in [5.41, 5.74) is 7.81. The largest absolute Gasteiger partial charge is 0.371 e. The first-order chi connectivity index (χ1) is 9.79. The number of anilines is 1. The molecule has 0 spiro atoms. The zero-order chi connectivity index (χ0) is 14.0. The smallest absolute Gasteiger partial charge is 0.0368 e. The predicted octanol–water partition coefficient (Wildman–Crippen LogP) is 2.47. The van der Waals surface area contributed by atoms with Crippen molar-refractivity contribution in [3.8, 4) is 0 Å². The molecule has 0 aromatic heterocycles. The molecule has 1 saturated carbocycles. The molecule has 3 heteroatoms. The highest BCUT2D eigenvalue weighted by Crippen LogP contribution is 2.38. The van der Waals surface area contributed by atoms with Gasteiger partial charge in [0, 0.05) is 36.9 Å². The number of nitrogens with two attached hydrogens (primary N) is 1. The minimum atomic E-state index is 0.251. The Bertz CT molecular complexity index is 419. The third kappa shape index (κ3) is 2.57. The van der Waals surface area contributed by atoms with Crippen molar-refractivity contribution >= 4 is 5.69 Å². The highest BCUT2D eigenvalue weighted by atomic mass is 15.3. The van der Waals surface area contributed by atoms with E-state index in [2.05, 4.69) is 47.1 Å². The van der Waals surface area contributed by atoms with Crippen molar-refractivity contribution in [2.45, 2.75) is 44.2 Å². The van der Waals surface area contributed by atoms with Crippen molar-refractivity contribution in [1.82, 2.24) is 4.90 Å². The summed E-state index contributed by atoms with van der Waals surface area (Å²) >= 11 is 0. The van der Waals surface area contributed by atoms with Crippen molar-refractivity contribution in [1.29, 1.82) is 0 Å². The number of rotatable bonds is 5. The van der Waals surface area contributed by atoms with Crippen LogP contribution in [0.15, 0.2) is 30.3 Å². The molecule has 1 aromatic carbocycles. The van der Waals surface area contributed by atoms with Gasteiger partial charge in [-0.15, -0.1) is 0 Å². The van der Waals surface area contributed by atoms with Crippen LogP contribution in [0.3, 0.4) is 0 Å². The van der Waals surface area contributed by atoms with Gasteiger partial charge in [-0.05, 0) is 44.4 Å². The fraction of sp³-hybridized carbons (Fsp3) is 0.647. The second-order valence-corrected chi connectivity index (χ2v) is 6.27. The molecule has 2 aliphatic rings. The van der Waals surface area contributed by atoms with Gasteiger partial charge in [0.15, 0.2) is 0 Å². The highest BCUT2D eigenvalue weighted by Gasteiger charge is 2.44. The van der Waals surface area contributed by atoms with Gasteiger partial charge in [-0.2, -0.15) is 0 Å². The molecule has 1 aliphatic heterocycles. The Kier molecular flexibility index (Phi) is 3.99. The normalized spacial score (nSPS) is 22.2. The minimum Gasteiger partial charge on any atom is -0.371 e. The highest BCUT2D eigenvalue weighted by molar-refractivity contribution is 5.46. The van der Waals surface area contributed by atoms with Gasteiger partial charge in [-0.1, -0.05) is 25.1 Å². The van der Waals surface area contributed by atoms with Crippen LogP contribution in [-0.2, 0) is 0 Å². The van der Waals surface area contributed by atoms with Crippen LogP contribution in [0.25, 0.3) is 0 Å². The van der Waals surface area contributed by atoms with Gasteiger partial charge in [0.25, 0.3) is 0 Å². The number of hydrogen-bond donors (Lipinski definition) is 1. The van der Waals surface area contributed by atoms with E-state index in [9.17, 15) is 0 Å². The van der Waals surface area contributed by atoms with Crippen molar-refractivity contribution in [2.75, 3.05) is 31.1 Å². The zero-order valence-corrected chi connectivity index (χ0v) is 12.6. The second kappa shape index (κ2) is 5.74. The molecule has 0 bridgehead atoms. The first-order valence-electron chi connectivity index (χ1n) is 8.06. The second-order valence-electron chi connectivity index (χ2n) is 6.27. The van der Waals surface area contributed by atoms with E-state index in [0.29, 0.717) is 0 Å². The Morgan fingerprint density at radius 1 is 1.20 bits per heavy atom. The number of likely N-dealkylation sites (N-methyl/N-ethyl adjacent to an activating group) is 1. The van der Waals surface area contributed by atoms with Crippen LogP contribution in [0.2, 0.25) is 0 Å². The van der Waals surface area contributed by atoms with E-state index < -0.39 is 0 Å². The quantitative estimate of drug-likeness (QED) is 0.894. The van der Waals surface area contributed by atoms with E-state index in [1.807, 2.05) is 0 Å². The number of nitrogens with zero attached hydrogens (tertiary/aromatic N) is 2. The van der Waals surface area contributed by atoms with Crippen LogP contribution in [0.1, 0.15) is 32.6 Å². The SMILES string of the molecule is CCN(C1CC1)C1(CN)CCN(c2ccccc2)CC1. The van der Waals surface area contributed by atoms with Gasteiger partial charge in [0.1, 0.15) is 0 Å². The number of hydrogen-bond acceptors (Lipinski definition) is 3. The maximum Gasteiger partial charge on any atom is 0.0368 e. The average molecular weight is 273 g/mol. The van der Waals surface area contributed by atoms with Crippen molar-refractivity contribution < 1.29 is 0 Å². The molecule has 1 saturated heterocycles. The maximum atomic E-state index is 6.20. The van der Waals surface area contributed by atoms with Crippen LogP contribution in [0.4, 0.5) is 5.69 Å². The summed E-state index contributed by atoms with van der Waals surface area (Å²) < 4.78 is 0. The summed E-state index contributed by atoms with van der Waals surface area (Å²) in [6.45, 7) is 6.50. The lowest BCUT2D eigenvalue weighted by Gasteiger charge is -2.49. The van der Waals surface area contributed by atoms with Crippen molar-refractivity contribution in [2.24, 2.45) is 5.73 Å². The molecule has 1 aliphatic carbocycles. The molecular weight excluding hydrogens is 246 g/mol. The number of benzene rings is 1.